The molecular formula is C16H29N2O7P. The lowest BCUT2D eigenvalue weighted by Crippen LogP contribution is -2.49. The molecule has 10 heteroatoms. The second-order valence-electron chi connectivity index (χ2n) is 8.08. The molecule has 3 atom stereocenters. The van der Waals surface area contributed by atoms with Gasteiger partial charge in [-0.3, -0.25) is 14.7 Å². The molecule has 0 radical (unpaired) electrons. The van der Waals surface area contributed by atoms with Crippen molar-refractivity contribution in [3.05, 3.63) is 21.5 Å². The lowest BCUT2D eigenvalue weighted by atomic mass is 9.80. The SMILES string of the molecule is CC(C)C[C@H](NC(=O)OC(C)(C)C)[C@@H]1CC=C(P(=O)(O)O)C[C@H]1[N+](=O)[O-]. The second kappa shape index (κ2) is 8.50. The number of ether oxygens (including phenoxy) is 1. The van der Waals surface area contributed by atoms with Crippen LogP contribution < -0.4 is 5.32 Å². The topological polar surface area (TPSA) is 139 Å². The Balaban J connectivity index is 3.07. The maximum atomic E-state index is 12.2. The lowest BCUT2D eigenvalue weighted by molar-refractivity contribution is -0.533. The van der Waals surface area contributed by atoms with E-state index < -0.39 is 42.2 Å². The van der Waals surface area contributed by atoms with Gasteiger partial charge < -0.3 is 19.8 Å². The van der Waals surface area contributed by atoms with Gasteiger partial charge in [0.25, 0.3) is 0 Å². The van der Waals surface area contributed by atoms with Crippen LogP contribution in [0.1, 0.15) is 53.9 Å². The van der Waals surface area contributed by atoms with E-state index in [4.69, 9.17) is 4.74 Å². The number of rotatable bonds is 6. The minimum Gasteiger partial charge on any atom is -0.444 e. The predicted molar refractivity (Wildman–Crippen MR) is 96.2 cm³/mol. The van der Waals surface area contributed by atoms with E-state index in [9.17, 15) is 29.3 Å². The minimum atomic E-state index is -4.51. The van der Waals surface area contributed by atoms with E-state index in [2.05, 4.69) is 5.32 Å². The van der Waals surface area contributed by atoms with E-state index in [1.807, 2.05) is 13.8 Å². The van der Waals surface area contributed by atoms with Gasteiger partial charge in [-0.1, -0.05) is 19.9 Å². The second-order valence-corrected chi connectivity index (χ2v) is 9.74. The van der Waals surface area contributed by atoms with Gasteiger partial charge in [0, 0.05) is 22.7 Å². The Kier molecular flexibility index (Phi) is 7.39. The summed E-state index contributed by atoms with van der Waals surface area (Å²) in [5.41, 5.74) is -0.699. The summed E-state index contributed by atoms with van der Waals surface area (Å²) in [6.07, 6.45) is 0.990. The molecule has 0 aliphatic heterocycles. The molecule has 1 rings (SSSR count). The monoisotopic (exact) mass is 392 g/mol. The Bertz CT molecular complexity index is 606. The fraction of sp³-hybridized carbons (Fsp3) is 0.812. The van der Waals surface area contributed by atoms with Gasteiger partial charge in [-0.2, -0.15) is 0 Å². The van der Waals surface area contributed by atoms with E-state index in [1.165, 1.54) is 6.08 Å². The van der Waals surface area contributed by atoms with Gasteiger partial charge in [0.05, 0.1) is 5.92 Å². The van der Waals surface area contributed by atoms with Gasteiger partial charge in [0.2, 0.25) is 6.04 Å². The van der Waals surface area contributed by atoms with Crippen LogP contribution in [-0.2, 0) is 9.30 Å². The highest BCUT2D eigenvalue weighted by Gasteiger charge is 2.44. The lowest BCUT2D eigenvalue weighted by Gasteiger charge is -2.34. The summed E-state index contributed by atoms with van der Waals surface area (Å²) < 4.78 is 16.7. The van der Waals surface area contributed by atoms with Crippen LogP contribution in [0.3, 0.4) is 0 Å². The van der Waals surface area contributed by atoms with E-state index in [-0.39, 0.29) is 24.1 Å². The first-order valence-corrected chi connectivity index (χ1v) is 10.2. The summed E-state index contributed by atoms with van der Waals surface area (Å²) in [6, 6.07) is -1.71. The van der Waals surface area contributed by atoms with Crippen molar-refractivity contribution >= 4 is 13.7 Å². The molecule has 0 fully saturated rings. The van der Waals surface area contributed by atoms with Crippen molar-refractivity contribution < 1.29 is 28.8 Å². The van der Waals surface area contributed by atoms with Crippen molar-refractivity contribution in [3.8, 4) is 0 Å². The molecule has 1 aliphatic carbocycles. The zero-order valence-electron chi connectivity index (χ0n) is 15.8. The number of alkyl carbamates (subject to hydrolysis) is 1. The number of amides is 1. The van der Waals surface area contributed by atoms with Crippen LogP contribution in [0.15, 0.2) is 11.4 Å². The summed E-state index contributed by atoms with van der Waals surface area (Å²) in [5.74, 6) is -0.412. The first-order valence-electron chi connectivity index (χ1n) is 8.59. The largest absolute Gasteiger partial charge is 0.444 e. The zero-order chi connectivity index (χ0) is 20.3. The molecule has 0 aromatic carbocycles. The molecule has 9 nitrogen and oxygen atoms in total. The molecule has 1 amide bonds. The number of allylic oxidation sites excluding steroid dienone is 1. The molecule has 3 N–H and O–H groups in total. The number of carbonyl (C=O) groups is 1. The molecule has 0 saturated carbocycles. The van der Waals surface area contributed by atoms with Crippen LogP contribution in [0, 0.1) is 22.0 Å². The quantitative estimate of drug-likeness (QED) is 0.359. The van der Waals surface area contributed by atoms with E-state index >= 15 is 0 Å². The standard InChI is InChI=1S/C16H29N2O7P/c1-10(2)8-13(17-15(19)25-16(3,4)5)12-7-6-11(26(22,23)24)9-14(12)18(20)21/h6,10,12-14H,7-9H2,1-5H3,(H,17,19)(H2,22,23,24)/t12-,13-,14+/m0/s1. The molecule has 26 heavy (non-hydrogen) atoms. The highest BCUT2D eigenvalue weighted by Crippen LogP contribution is 2.50. The fourth-order valence-electron chi connectivity index (χ4n) is 3.09. The molecule has 0 unspecified atom stereocenters. The van der Waals surface area contributed by atoms with E-state index in [1.54, 1.807) is 20.8 Å². The van der Waals surface area contributed by atoms with Crippen LogP contribution in [0.2, 0.25) is 0 Å². The fourth-order valence-corrected chi connectivity index (χ4v) is 3.86. The van der Waals surface area contributed by atoms with Gasteiger partial charge in [-0.25, -0.2) is 4.79 Å². The van der Waals surface area contributed by atoms with Gasteiger partial charge in [0.15, 0.2) is 0 Å². The molecule has 0 aromatic heterocycles. The van der Waals surface area contributed by atoms with E-state index in [0.717, 1.165) is 0 Å². The third-order valence-corrected chi connectivity index (χ3v) is 5.24. The van der Waals surface area contributed by atoms with Gasteiger partial charge >= 0.3 is 13.7 Å². The summed E-state index contributed by atoms with van der Waals surface area (Å²) in [5, 5.41) is 14.0. The number of nitrogens with zero attached hydrogens (tertiary/aromatic N) is 1. The van der Waals surface area contributed by atoms with Crippen molar-refractivity contribution in [1.29, 1.82) is 0 Å². The normalized spacial score (nSPS) is 22.5. The summed E-state index contributed by atoms with van der Waals surface area (Å²) in [7, 11) is -4.51. The smallest absolute Gasteiger partial charge is 0.407 e. The molecule has 1 aliphatic rings. The van der Waals surface area contributed by atoms with Crippen molar-refractivity contribution in [3.63, 3.8) is 0 Å². The van der Waals surface area contributed by atoms with Crippen molar-refractivity contribution in [2.24, 2.45) is 11.8 Å². The average molecular weight is 392 g/mol. The third kappa shape index (κ3) is 7.05. The highest BCUT2D eigenvalue weighted by molar-refractivity contribution is 7.56. The summed E-state index contributed by atoms with van der Waals surface area (Å²) in [6.45, 7) is 9.04. The molecule has 0 bridgehead atoms. The number of hydrogen-bond acceptors (Lipinski definition) is 5. The zero-order valence-corrected chi connectivity index (χ0v) is 16.7. The summed E-state index contributed by atoms with van der Waals surface area (Å²) >= 11 is 0. The minimum absolute atomic E-state index is 0.110. The van der Waals surface area contributed by atoms with Crippen LogP contribution >= 0.6 is 7.60 Å². The first-order chi connectivity index (χ1) is 11.7. The van der Waals surface area contributed by atoms with Crippen LogP contribution in [0.25, 0.3) is 0 Å². The number of hydrogen-bond donors (Lipinski definition) is 3. The maximum absolute atomic E-state index is 12.2. The Hall–Kier alpha value is -1.44. The average Bonchev–Trinajstić information content (AvgIpc) is 2.42. The Morgan fingerprint density at radius 2 is 2.04 bits per heavy atom. The number of nitro groups is 1. The van der Waals surface area contributed by atoms with Gasteiger partial charge in [-0.05, 0) is 39.5 Å². The molecule has 0 spiro atoms. The number of nitrogens with one attached hydrogen (secondary N) is 1. The van der Waals surface area contributed by atoms with Crippen molar-refractivity contribution in [2.75, 3.05) is 0 Å². The molecule has 150 valence electrons. The third-order valence-electron chi connectivity index (χ3n) is 4.13. The van der Waals surface area contributed by atoms with Gasteiger partial charge in [-0.15, -0.1) is 0 Å². The molecule has 0 saturated heterocycles. The van der Waals surface area contributed by atoms with Crippen molar-refractivity contribution in [2.45, 2.75) is 71.6 Å². The Morgan fingerprint density at radius 3 is 2.46 bits per heavy atom. The maximum Gasteiger partial charge on any atom is 0.407 e. The number of carbonyl (C=O) groups excluding carboxylic acids is 1. The highest BCUT2D eigenvalue weighted by atomic mass is 31.2. The Morgan fingerprint density at radius 1 is 1.46 bits per heavy atom. The van der Waals surface area contributed by atoms with Crippen LogP contribution in [0.5, 0.6) is 0 Å². The summed E-state index contributed by atoms with van der Waals surface area (Å²) in [4.78, 5) is 41.8. The van der Waals surface area contributed by atoms with Crippen LogP contribution in [0.4, 0.5) is 4.79 Å². The van der Waals surface area contributed by atoms with E-state index in [0.29, 0.717) is 6.42 Å². The van der Waals surface area contributed by atoms with Crippen molar-refractivity contribution in [1.82, 2.24) is 5.32 Å². The molecule has 0 heterocycles. The predicted octanol–water partition coefficient (Wildman–Crippen LogP) is 3.04. The Labute approximate surface area is 153 Å². The van der Waals surface area contributed by atoms with Crippen LogP contribution in [-0.4, -0.2) is 38.5 Å². The first kappa shape index (κ1) is 22.6. The molecular weight excluding hydrogens is 363 g/mol. The molecule has 0 aromatic rings. The van der Waals surface area contributed by atoms with Gasteiger partial charge in [0.1, 0.15) is 5.60 Å².